The average molecular weight is 561 g/mol. The minimum atomic E-state index is -2.00. The maximum atomic E-state index is 2.65. The Kier molecular flexibility index (Phi) is 6.44. The molecule has 0 N–H and O–H groups in total. The summed E-state index contributed by atoms with van der Waals surface area (Å²) in [7, 11) is 0. The number of rotatable bonds is 5. The molecular weight excluding hydrogens is 528 g/mol. The van der Waals surface area contributed by atoms with Gasteiger partial charge < -0.3 is 0 Å². The van der Waals surface area contributed by atoms with Crippen LogP contribution in [0, 0.1) is 0 Å². The third-order valence-corrected chi connectivity index (χ3v) is 30.2. The quantitative estimate of drug-likeness (QED) is 0.213. The first-order valence-corrected chi connectivity index (χ1v) is 23.1. The molecule has 0 fully saturated rings. The summed E-state index contributed by atoms with van der Waals surface area (Å²) in [5.74, 6) is -0.850. The summed E-state index contributed by atoms with van der Waals surface area (Å²) in [5.41, 5.74) is 14.9. The zero-order valence-corrected chi connectivity index (χ0v) is 25.2. The van der Waals surface area contributed by atoms with Crippen molar-refractivity contribution in [1.82, 2.24) is 0 Å². The van der Waals surface area contributed by atoms with Gasteiger partial charge in [0.15, 0.2) is 0 Å². The Balaban J connectivity index is 1.47. The molecule has 0 aliphatic heterocycles. The van der Waals surface area contributed by atoms with Gasteiger partial charge in [-0.25, -0.2) is 0 Å². The molecule has 0 nitrogen and oxygen atoms in total. The predicted molar refractivity (Wildman–Crippen MR) is 155 cm³/mol. The molecule has 0 heterocycles. The van der Waals surface area contributed by atoms with Gasteiger partial charge in [-0.05, 0) is 0 Å². The second-order valence-corrected chi connectivity index (χ2v) is 30.7. The summed E-state index contributed by atoms with van der Waals surface area (Å²) in [6.45, 7) is 10.1. The summed E-state index contributed by atoms with van der Waals surface area (Å²) in [6, 6.07) is 36.1. The van der Waals surface area contributed by atoms with Gasteiger partial charge in [0.25, 0.3) is 0 Å². The fourth-order valence-electron chi connectivity index (χ4n) is 6.56. The van der Waals surface area contributed by atoms with Gasteiger partial charge in [0, 0.05) is 0 Å². The summed E-state index contributed by atoms with van der Waals surface area (Å²) in [5, 5.41) is 0. The number of fused-ring (bicyclic) bond motifs is 2. The van der Waals surface area contributed by atoms with Crippen LogP contribution in [-0.2, 0) is 20.9 Å². The molecule has 0 amide bonds. The van der Waals surface area contributed by atoms with Crippen molar-refractivity contribution >= 4 is 18.1 Å². The molecular formula is C34H33SiZr. The Hall–Kier alpha value is -2.54. The van der Waals surface area contributed by atoms with E-state index in [1.807, 2.05) is 0 Å². The second-order valence-electron chi connectivity index (χ2n) is 10.6. The molecule has 0 aromatic heterocycles. The van der Waals surface area contributed by atoms with Crippen LogP contribution in [0.15, 0.2) is 108 Å². The zero-order chi connectivity index (χ0) is 24.8. The molecule has 0 saturated heterocycles. The van der Waals surface area contributed by atoms with E-state index in [-0.39, 0.29) is 0 Å². The molecule has 2 unspecified atom stereocenters. The van der Waals surface area contributed by atoms with E-state index in [2.05, 4.69) is 136 Å². The second kappa shape index (κ2) is 9.73. The van der Waals surface area contributed by atoms with Crippen molar-refractivity contribution in [1.29, 1.82) is 0 Å². The van der Waals surface area contributed by atoms with Gasteiger partial charge in [0.05, 0.1) is 0 Å². The maximum absolute atomic E-state index is 2.65. The van der Waals surface area contributed by atoms with E-state index in [4.69, 9.17) is 0 Å². The topological polar surface area (TPSA) is 0 Å². The predicted octanol–water partition coefficient (Wildman–Crippen LogP) is 9.24. The van der Waals surface area contributed by atoms with Crippen LogP contribution in [-0.4, -0.2) is 5.92 Å². The van der Waals surface area contributed by atoms with Gasteiger partial charge in [0.2, 0.25) is 0 Å². The molecule has 177 valence electrons. The number of allylic oxidation sites excluding steroid dienone is 2. The van der Waals surface area contributed by atoms with Crippen LogP contribution in [0.4, 0.5) is 0 Å². The fraction of sp³-hybridized carbons (Fsp3) is 0.176. The Labute approximate surface area is 224 Å². The first-order chi connectivity index (χ1) is 17.5. The molecule has 2 atom stereocenters. The number of hydrogen-bond acceptors (Lipinski definition) is 0. The third-order valence-electron chi connectivity index (χ3n) is 8.06. The van der Waals surface area contributed by atoms with Crippen LogP contribution >= 0.6 is 0 Å². The standard InChI is InChI=1S/2C16H13.C2H7Si.Zr/c2*1-12-10-14-8-5-9-15(16(14)11-12)13-6-3-2-4-7-13;1-3-2;/h2*2-11H,1H3;3H,1-2H3;. The molecule has 0 saturated carbocycles. The molecule has 2 aliphatic rings. The van der Waals surface area contributed by atoms with Crippen molar-refractivity contribution in [3.63, 3.8) is 0 Å². The molecule has 0 bridgehead atoms. The van der Waals surface area contributed by atoms with Crippen LogP contribution in [0.3, 0.4) is 0 Å². The first-order valence-electron chi connectivity index (χ1n) is 13.1. The average Bonchev–Trinajstić information content (AvgIpc) is 3.41. The molecule has 0 radical (unpaired) electrons. The van der Waals surface area contributed by atoms with Crippen molar-refractivity contribution in [3.05, 3.63) is 130 Å². The van der Waals surface area contributed by atoms with Gasteiger partial charge in [-0.1, -0.05) is 0 Å². The summed E-state index contributed by atoms with van der Waals surface area (Å²) in [4.78, 5) is 0. The molecule has 4 aromatic carbocycles. The van der Waals surface area contributed by atoms with Gasteiger partial charge in [-0.3, -0.25) is 0 Å². The van der Waals surface area contributed by atoms with E-state index in [9.17, 15) is 0 Å². The molecule has 2 aliphatic carbocycles. The third kappa shape index (κ3) is 4.00. The summed E-state index contributed by atoms with van der Waals surface area (Å²) in [6.07, 6.45) is 5.07. The van der Waals surface area contributed by atoms with Crippen LogP contribution in [0.5, 0.6) is 0 Å². The van der Waals surface area contributed by atoms with E-state index in [0.29, 0.717) is 7.25 Å². The summed E-state index contributed by atoms with van der Waals surface area (Å²) >= 11 is -2.00. The Bertz CT molecular complexity index is 1370. The normalized spacial score (nSPS) is 18.0. The minimum absolute atomic E-state index is 0.678. The van der Waals surface area contributed by atoms with Crippen molar-refractivity contribution in [2.45, 2.75) is 34.2 Å². The van der Waals surface area contributed by atoms with E-state index in [1.165, 1.54) is 33.4 Å². The van der Waals surface area contributed by atoms with E-state index in [0.717, 1.165) is 0 Å². The number of hydrogen-bond donors (Lipinski definition) is 0. The molecule has 0 spiro atoms. The van der Waals surface area contributed by atoms with E-state index < -0.39 is 26.8 Å². The van der Waals surface area contributed by atoms with Crippen molar-refractivity contribution in [2.24, 2.45) is 0 Å². The molecule has 6 rings (SSSR count). The van der Waals surface area contributed by atoms with Gasteiger partial charge >= 0.3 is 226 Å². The van der Waals surface area contributed by atoms with Crippen LogP contribution in [0.25, 0.3) is 34.4 Å². The summed E-state index contributed by atoms with van der Waals surface area (Å²) < 4.78 is 1.36. The number of benzene rings is 4. The molecule has 2 heteroatoms. The fourth-order valence-corrected chi connectivity index (χ4v) is 29.8. The van der Waals surface area contributed by atoms with Gasteiger partial charge in [-0.2, -0.15) is 0 Å². The van der Waals surface area contributed by atoms with E-state index in [1.54, 1.807) is 22.3 Å². The van der Waals surface area contributed by atoms with Crippen molar-refractivity contribution < 1.29 is 20.9 Å². The van der Waals surface area contributed by atoms with Crippen LogP contribution in [0.1, 0.15) is 43.4 Å². The van der Waals surface area contributed by atoms with Crippen molar-refractivity contribution in [3.8, 4) is 22.3 Å². The van der Waals surface area contributed by atoms with Crippen LogP contribution in [0.2, 0.25) is 13.1 Å². The Morgan fingerprint density at radius 1 is 0.528 bits per heavy atom. The van der Waals surface area contributed by atoms with Crippen LogP contribution < -0.4 is 0 Å². The SMILES string of the molecule is CC1=Cc2c(-c3ccccc3)cccc2[CH]1[Zr]([CH]1C(C)=Cc2c(-c3ccccc3)cccc21)[SiH](C)C. The zero-order valence-electron chi connectivity index (χ0n) is 21.6. The van der Waals surface area contributed by atoms with Gasteiger partial charge in [-0.15, -0.1) is 0 Å². The van der Waals surface area contributed by atoms with Crippen molar-refractivity contribution in [2.75, 3.05) is 0 Å². The van der Waals surface area contributed by atoms with Gasteiger partial charge in [0.1, 0.15) is 0 Å². The molecule has 36 heavy (non-hydrogen) atoms. The Morgan fingerprint density at radius 2 is 0.944 bits per heavy atom. The monoisotopic (exact) mass is 559 g/mol. The van der Waals surface area contributed by atoms with E-state index >= 15 is 0 Å². The Morgan fingerprint density at radius 3 is 1.33 bits per heavy atom. The molecule has 4 aromatic rings. The first kappa shape index (κ1) is 23.8.